The van der Waals surface area contributed by atoms with Gasteiger partial charge < -0.3 is 10.1 Å². The maximum absolute atomic E-state index is 12.9. The van der Waals surface area contributed by atoms with Gasteiger partial charge in [-0.1, -0.05) is 12.1 Å². The van der Waals surface area contributed by atoms with Gasteiger partial charge in [0.05, 0.1) is 23.6 Å². The first-order valence-electron chi connectivity index (χ1n) is 8.73. The highest BCUT2D eigenvalue weighted by atomic mass is 19.1. The number of nitrogens with one attached hydrogen (secondary N) is 1. The summed E-state index contributed by atoms with van der Waals surface area (Å²) in [7, 11) is 0. The summed E-state index contributed by atoms with van der Waals surface area (Å²) in [5.74, 6) is 0.0863. The molecule has 0 fully saturated rings. The molecule has 7 nitrogen and oxygen atoms in total. The molecule has 0 atom stereocenters. The number of carbonyl (C=O) groups excluding carboxylic acids is 1. The average molecular weight is 390 g/mol. The summed E-state index contributed by atoms with van der Waals surface area (Å²) in [5, 5.41) is 7.26. The molecule has 29 heavy (non-hydrogen) atoms. The Bertz CT molecular complexity index is 1220. The summed E-state index contributed by atoms with van der Waals surface area (Å²) in [4.78, 5) is 28.4. The van der Waals surface area contributed by atoms with Crippen LogP contribution in [0.2, 0.25) is 0 Å². The number of aromatic nitrogens is 3. The molecule has 4 aromatic rings. The van der Waals surface area contributed by atoms with Gasteiger partial charge in [-0.05, 0) is 42.5 Å². The molecule has 0 aliphatic carbocycles. The van der Waals surface area contributed by atoms with E-state index in [1.807, 2.05) is 0 Å². The second kappa shape index (κ2) is 7.89. The van der Waals surface area contributed by atoms with E-state index in [4.69, 9.17) is 4.74 Å². The molecule has 0 saturated heterocycles. The lowest BCUT2D eigenvalue weighted by Gasteiger charge is -2.10. The van der Waals surface area contributed by atoms with Gasteiger partial charge >= 0.3 is 0 Å². The summed E-state index contributed by atoms with van der Waals surface area (Å²) in [6, 6.07) is 15.8. The fourth-order valence-corrected chi connectivity index (χ4v) is 2.76. The van der Waals surface area contributed by atoms with Crippen molar-refractivity contribution in [2.45, 2.75) is 6.54 Å². The third-order valence-electron chi connectivity index (χ3n) is 4.11. The minimum atomic E-state index is -0.353. The second-order valence-corrected chi connectivity index (χ2v) is 6.17. The number of para-hydroxylation sites is 1. The van der Waals surface area contributed by atoms with Crippen LogP contribution in [0.4, 0.5) is 10.1 Å². The summed E-state index contributed by atoms with van der Waals surface area (Å²) in [6.07, 6.45) is 2.65. The second-order valence-electron chi connectivity index (χ2n) is 6.17. The molecule has 0 spiro atoms. The number of anilines is 1. The Kier molecular flexibility index (Phi) is 4.98. The summed E-state index contributed by atoms with van der Waals surface area (Å²) >= 11 is 0. The van der Waals surface area contributed by atoms with Gasteiger partial charge in [-0.15, -0.1) is 0 Å². The van der Waals surface area contributed by atoms with Crippen LogP contribution in [-0.4, -0.2) is 20.7 Å². The highest BCUT2D eigenvalue weighted by Gasteiger charge is 2.09. The Hall–Kier alpha value is -4.07. The lowest BCUT2D eigenvalue weighted by molar-refractivity contribution is -0.116. The Morgan fingerprint density at radius 1 is 1.03 bits per heavy atom. The van der Waals surface area contributed by atoms with Gasteiger partial charge in [0.15, 0.2) is 0 Å². The van der Waals surface area contributed by atoms with Crippen molar-refractivity contribution in [3.8, 4) is 11.6 Å². The van der Waals surface area contributed by atoms with Crippen molar-refractivity contribution in [1.82, 2.24) is 14.8 Å². The Morgan fingerprint density at radius 2 is 1.83 bits per heavy atom. The third kappa shape index (κ3) is 4.27. The standard InChI is InChI=1S/C21H15FN4O3/c22-14-5-8-16(9-6-14)29-21-10-7-15(11-23-21)25-20(28)13-26-18-4-2-1-3-17(18)19(27)12-24-26/h1-12H,13H2,(H,25,28). The van der Waals surface area contributed by atoms with Gasteiger partial charge in [-0.2, -0.15) is 5.10 Å². The van der Waals surface area contributed by atoms with E-state index in [2.05, 4.69) is 15.4 Å². The number of amides is 1. The molecule has 0 aliphatic heterocycles. The van der Waals surface area contributed by atoms with Crippen LogP contribution in [0.1, 0.15) is 0 Å². The van der Waals surface area contributed by atoms with Crippen LogP contribution < -0.4 is 15.5 Å². The molecular formula is C21H15FN4O3. The summed E-state index contributed by atoms with van der Waals surface area (Å²) in [6.45, 7) is -0.0609. The first-order valence-corrected chi connectivity index (χ1v) is 8.73. The molecule has 0 saturated carbocycles. The number of nitrogens with zero attached hydrogens (tertiary/aromatic N) is 3. The zero-order chi connectivity index (χ0) is 20.2. The van der Waals surface area contributed by atoms with E-state index >= 15 is 0 Å². The minimum absolute atomic E-state index is 0.0609. The van der Waals surface area contributed by atoms with E-state index in [1.165, 1.54) is 41.3 Å². The van der Waals surface area contributed by atoms with E-state index in [1.54, 1.807) is 36.4 Å². The number of benzene rings is 2. The molecule has 1 N–H and O–H groups in total. The summed E-state index contributed by atoms with van der Waals surface area (Å²) < 4.78 is 19.9. The van der Waals surface area contributed by atoms with Crippen LogP contribution >= 0.6 is 0 Å². The Labute approximate surface area is 164 Å². The smallest absolute Gasteiger partial charge is 0.246 e. The number of carbonyl (C=O) groups is 1. The van der Waals surface area contributed by atoms with E-state index in [0.29, 0.717) is 28.2 Å². The first-order chi connectivity index (χ1) is 14.1. The van der Waals surface area contributed by atoms with E-state index < -0.39 is 0 Å². The van der Waals surface area contributed by atoms with E-state index in [9.17, 15) is 14.0 Å². The van der Waals surface area contributed by atoms with Crippen LogP contribution in [0, 0.1) is 5.82 Å². The van der Waals surface area contributed by atoms with Crippen molar-refractivity contribution in [2.24, 2.45) is 0 Å². The number of halogens is 1. The average Bonchev–Trinajstić information content (AvgIpc) is 2.73. The van der Waals surface area contributed by atoms with Crippen LogP contribution in [-0.2, 0) is 11.3 Å². The van der Waals surface area contributed by atoms with Gasteiger partial charge in [-0.3, -0.25) is 14.3 Å². The Balaban J connectivity index is 1.43. The number of hydrogen-bond donors (Lipinski definition) is 1. The molecule has 0 unspecified atom stereocenters. The fourth-order valence-electron chi connectivity index (χ4n) is 2.76. The minimum Gasteiger partial charge on any atom is -0.439 e. The quantitative estimate of drug-likeness (QED) is 0.565. The molecule has 8 heteroatoms. The van der Waals surface area contributed by atoms with Crippen LogP contribution in [0.5, 0.6) is 11.6 Å². The van der Waals surface area contributed by atoms with Gasteiger partial charge in [0.25, 0.3) is 0 Å². The van der Waals surface area contributed by atoms with Crippen LogP contribution in [0.3, 0.4) is 0 Å². The topological polar surface area (TPSA) is 86.1 Å². The number of ether oxygens (including phenoxy) is 1. The van der Waals surface area contributed by atoms with Crippen LogP contribution in [0.25, 0.3) is 10.9 Å². The number of rotatable bonds is 5. The molecule has 0 aliphatic rings. The van der Waals surface area contributed by atoms with E-state index in [0.717, 1.165) is 0 Å². The lowest BCUT2D eigenvalue weighted by Crippen LogP contribution is -2.22. The molecule has 144 valence electrons. The van der Waals surface area contributed by atoms with Gasteiger partial charge in [0, 0.05) is 11.5 Å². The maximum atomic E-state index is 12.9. The van der Waals surface area contributed by atoms with E-state index in [-0.39, 0.29) is 23.7 Å². The third-order valence-corrected chi connectivity index (χ3v) is 4.11. The van der Waals surface area contributed by atoms with Crippen molar-refractivity contribution in [1.29, 1.82) is 0 Å². The van der Waals surface area contributed by atoms with Crippen molar-refractivity contribution in [3.63, 3.8) is 0 Å². The SMILES string of the molecule is O=C(Cn1ncc(=O)c2ccccc21)Nc1ccc(Oc2ccc(F)cc2)nc1. The Morgan fingerprint density at radius 3 is 2.59 bits per heavy atom. The predicted molar refractivity (Wildman–Crippen MR) is 105 cm³/mol. The first kappa shape index (κ1) is 18.3. The van der Waals surface area contributed by atoms with Gasteiger partial charge in [-0.25, -0.2) is 9.37 Å². The van der Waals surface area contributed by atoms with Crippen molar-refractivity contribution < 1.29 is 13.9 Å². The fraction of sp³-hybridized carbons (Fsp3) is 0.0476. The molecule has 0 radical (unpaired) electrons. The number of hydrogen-bond acceptors (Lipinski definition) is 5. The van der Waals surface area contributed by atoms with Crippen LogP contribution in [0.15, 0.2) is 77.9 Å². The summed E-state index contributed by atoms with van der Waals surface area (Å²) in [5.41, 5.74) is 0.862. The van der Waals surface area contributed by atoms with Gasteiger partial charge in [0.1, 0.15) is 18.1 Å². The zero-order valence-electron chi connectivity index (χ0n) is 15.1. The van der Waals surface area contributed by atoms with Crippen molar-refractivity contribution in [3.05, 3.63) is 89.1 Å². The predicted octanol–water partition coefficient (Wildman–Crippen LogP) is 3.36. The maximum Gasteiger partial charge on any atom is 0.246 e. The molecular weight excluding hydrogens is 375 g/mol. The molecule has 2 aromatic carbocycles. The van der Waals surface area contributed by atoms with Crippen molar-refractivity contribution >= 4 is 22.5 Å². The highest BCUT2D eigenvalue weighted by Crippen LogP contribution is 2.20. The number of pyridine rings is 1. The largest absolute Gasteiger partial charge is 0.439 e. The number of fused-ring (bicyclic) bond motifs is 1. The van der Waals surface area contributed by atoms with Crippen molar-refractivity contribution in [2.75, 3.05) is 5.32 Å². The molecule has 2 heterocycles. The molecule has 4 rings (SSSR count). The van der Waals surface area contributed by atoms with Gasteiger partial charge in [0.2, 0.25) is 17.2 Å². The zero-order valence-corrected chi connectivity index (χ0v) is 15.1. The highest BCUT2D eigenvalue weighted by molar-refractivity contribution is 5.91. The lowest BCUT2D eigenvalue weighted by atomic mass is 10.2. The monoisotopic (exact) mass is 390 g/mol. The molecule has 2 aromatic heterocycles. The molecule has 1 amide bonds. The normalized spacial score (nSPS) is 10.7. The molecule has 0 bridgehead atoms.